The molecule has 1 aromatic heterocycles. The zero-order chi connectivity index (χ0) is 19.2. The molecule has 0 bridgehead atoms. The van der Waals surface area contributed by atoms with Gasteiger partial charge in [-0.2, -0.15) is 0 Å². The lowest BCUT2D eigenvalue weighted by molar-refractivity contribution is 0.0693. The number of benzene rings is 1. The summed E-state index contributed by atoms with van der Waals surface area (Å²) in [6.45, 7) is 4.27. The Morgan fingerprint density at radius 1 is 1.32 bits per heavy atom. The van der Waals surface area contributed by atoms with Gasteiger partial charge < -0.3 is 15.7 Å². The molecule has 2 aromatic rings. The second-order valence-corrected chi connectivity index (χ2v) is 8.59. The van der Waals surface area contributed by atoms with Gasteiger partial charge in [0.05, 0.1) is 12.7 Å². The van der Waals surface area contributed by atoms with Gasteiger partial charge in [0.25, 0.3) is 0 Å². The molecule has 2 aliphatic rings. The molecule has 0 saturated carbocycles. The number of nitrogens with two attached hydrogens (primary N) is 1. The smallest absolute Gasteiger partial charge is 0.225 e. The van der Waals surface area contributed by atoms with Crippen molar-refractivity contribution in [2.45, 2.75) is 25.0 Å². The van der Waals surface area contributed by atoms with Gasteiger partial charge in [-0.3, -0.25) is 0 Å². The van der Waals surface area contributed by atoms with Crippen LogP contribution in [0.2, 0.25) is 0 Å². The minimum Gasteiger partial charge on any atom is -0.384 e. The summed E-state index contributed by atoms with van der Waals surface area (Å²) >= 11 is 1.56. The molecule has 3 N–H and O–H groups in total. The number of thioether (sulfide) groups is 1. The van der Waals surface area contributed by atoms with E-state index in [1.165, 1.54) is 13.8 Å². The van der Waals surface area contributed by atoms with E-state index in [0.717, 1.165) is 17.5 Å². The minimum atomic E-state index is -1.39. The number of aliphatic imine (C=N–C) groups is 1. The number of halogens is 2. The topological polar surface area (TPSA) is 87.6 Å². The van der Waals surface area contributed by atoms with E-state index in [1.807, 2.05) is 23.1 Å². The average Bonchev–Trinajstić information content (AvgIpc) is 3.02. The maximum absolute atomic E-state index is 14.1. The first-order valence-corrected chi connectivity index (χ1v) is 9.82. The molecule has 4 rings (SSSR count). The van der Waals surface area contributed by atoms with Crippen molar-refractivity contribution in [3.05, 3.63) is 53.6 Å². The van der Waals surface area contributed by atoms with Crippen LogP contribution < -0.4 is 10.6 Å². The molecule has 0 aliphatic carbocycles. The lowest BCUT2D eigenvalue weighted by Gasteiger charge is -2.34. The first kappa shape index (κ1) is 20.8. The van der Waals surface area contributed by atoms with Crippen LogP contribution in [-0.4, -0.2) is 39.1 Å². The van der Waals surface area contributed by atoms with Crippen molar-refractivity contribution in [2.75, 3.05) is 23.7 Å². The van der Waals surface area contributed by atoms with Crippen molar-refractivity contribution in [1.29, 1.82) is 0 Å². The fourth-order valence-electron chi connectivity index (χ4n) is 3.84. The van der Waals surface area contributed by atoms with Gasteiger partial charge in [0.2, 0.25) is 5.95 Å². The molecule has 2 aliphatic heterocycles. The van der Waals surface area contributed by atoms with Crippen molar-refractivity contribution < 1.29 is 9.50 Å². The number of rotatable bonds is 3. The van der Waals surface area contributed by atoms with E-state index >= 15 is 0 Å². The van der Waals surface area contributed by atoms with E-state index < -0.39 is 17.0 Å². The third-order valence-corrected chi connectivity index (χ3v) is 6.11. The van der Waals surface area contributed by atoms with E-state index in [-0.39, 0.29) is 24.0 Å². The summed E-state index contributed by atoms with van der Waals surface area (Å²) in [6.07, 6.45) is 1.12. The fourth-order valence-corrected chi connectivity index (χ4v) is 4.82. The minimum absolute atomic E-state index is 0. The molecule has 0 amide bonds. The molecular formula is C19H23ClFN5OS. The molecule has 150 valence electrons. The first-order valence-electron chi connectivity index (χ1n) is 8.83. The van der Waals surface area contributed by atoms with Gasteiger partial charge in [-0.05, 0) is 19.4 Å². The second-order valence-electron chi connectivity index (χ2n) is 7.55. The molecule has 9 heteroatoms. The summed E-state index contributed by atoms with van der Waals surface area (Å²) in [7, 11) is 0. The maximum Gasteiger partial charge on any atom is 0.225 e. The lowest BCUT2D eigenvalue weighted by atomic mass is 9.82. The van der Waals surface area contributed by atoms with Gasteiger partial charge in [-0.1, -0.05) is 42.1 Å². The monoisotopic (exact) mass is 423 g/mol. The highest BCUT2D eigenvalue weighted by Gasteiger charge is 2.50. The standard InChI is InChI=1S/C19H22FN5OS.ClH/c1-18(2,26)15-14(20)8-22-17(23-15)25-9-13-10-27-16(21)24-19(13,11-25)12-6-4-3-5-7-12;/h3-8,13,26H,9-11H2,1-2H3,(H2,21,24);1H/t13-,19+;/m0./s1. The molecule has 6 nitrogen and oxygen atoms in total. The maximum atomic E-state index is 14.1. The van der Waals surface area contributed by atoms with E-state index in [1.54, 1.807) is 11.8 Å². The highest BCUT2D eigenvalue weighted by atomic mass is 35.5. The van der Waals surface area contributed by atoms with Gasteiger partial charge in [0, 0.05) is 18.2 Å². The number of anilines is 1. The Morgan fingerprint density at radius 3 is 2.71 bits per heavy atom. The second kappa shape index (κ2) is 7.50. The van der Waals surface area contributed by atoms with Crippen LogP contribution in [-0.2, 0) is 11.1 Å². The van der Waals surface area contributed by atoms with Crippen molar-refractivity contribution in [2.24, 2.45) is 16.6 Å². The van der Waals surface area contributed by atoms with Gasteiger partial charge in [-0.25, -0.2) is 19.4 Å². The van der Waals surface area contributed by atoms with Gasteiger partial charge in [0.15, 0.2) is 11.0 Å². The first-order chi connectivity index (χ1) is 12.8. The molecule has 1 fully saturated rings. The van der Waals surface area contributed by atoms with Crippen LogP contribution in [0.15, 0.2) is 41.5 Å². The number of hydrogen-bond acceptors (Lipinski definition) is 7. The molecule has 0 unspecified atom stereocenters. The molecule has 1 aromatic carbocycles. The summed E-state index contributed by atoms with van der Waals surface area (Å²) in [5.41, 5.74) is 5.32. The molecular weight excluding hydrogens is 401 g/mol. The van der Waals surface area contributed by atoms with Crippen LogP contribution >= 0.6 is 24.2 Å². The Labute approximate surface area is 173 Å². The number of fused-ring (bicyclic) bond motifs is 1. The quantitative estimate of drug-likeness (QED) is 0.789. The van der Waals surface area contributed by atoms with E-state index in [9.17, 15) is 9.50 Å². The molecule has 3 heterocycles. The third-order valence-electron chi connectivity index (χ3n) is 5.16. The zero-order valence-corrected chi connectivity index (χ0v) is 17.3. The summed E-state index contributed by atoms with van der Waals surface area (Å²) in [5.74, 6) is 0.868. The number of aromatic nitrogens is 2. The summed E-state index contributed by atoms with van der Waals surface area (Å²) in [4.78, 5) is 15.4. The van der Waals surface area contributed by atoms with Crippen molar-refractivity contribution >= 4 is 35.3 Å². The Morgan fingerprint density at radius 2 is 2.04 bits per heavy atom. The Kier molecular flexibility index (Phi) is 5.58. The SMILES string of the molecule is CC(C)(O)c1nc(N2C[C@H]3CSC(N)=N[C@@]3(c3ccccc3)C2)ncc1F.Cl. The summed E-state index contributed by atoms with van der Waals surface area (Å²) < 4.78 is 14.1. The highest BCUT2D eigenvalue weighted by molar-refractivity contribution is 8.13. The average molecular weight is 424 g/mol. The summed E-state index contributed by atoms with van der Waals surface area (Å²) in [6, 6.07) is 10.1. The van der Waals surface area contributed by atoms with E-state index in [0.29, 0.717) is 24.2 Å². The fraction of sp³-hybridized carbons (Fsp3) is 0.421. The molecule has 1 saturated heterocycles. The van der Waals surface area contributed by atoms with E-state index in [4.69, 9.17) is 10.7 Å². The summed E-state index contributed by atoms with van der Waals surface area (Å²) in [5, 5.41) is 10.8. The third kappa shape index (κ3) is 3.56. The normalized spacial score (nSPS) is 24.4. The molecule has 28 heavy (non-hydrogen) atoms. The van der Waals surface area contributed by atoms with Crippen molar-refractivity contribution in [3.8, 4) is 0 Å². The van der Waals surface area contributed by atoms with Crippen LogP contribution in [0.25, 0.3) is 0 Å². The predicted molar refractivity (Wildman–Crippen MR) is 112 cm³/mol. The zero-order valence-electron chi connectivity index (χ0n) is 15.7. The van der Waals surface area contributed by atoms with Gasteiger partial charge in [0.1, 0.15) is 16.8 Å². The predicted octanol–water partition coefficient (Wildman–Crippen LogP) is 2.66. The van der Waals surface area contributed by atoms with Crippen LogP contribution in [0, 0.1) is 11.7 Å². The van der Waals surface area contributed by atoms with Crippen LogP contribution in [0.5, 0.6) is 0 Å². The number of nitrogens with zero attached hydrogens (tertiary/aromatic N) is 4. The molecule has 0 radical (unpaired) electrons. The lowest BCUT2D eigenvalue weighted by Crippen LogP contribution is -2.40. The van der Waals surface area contributed by atoms with Crippen LogP contribution in [0.4, 0.5) is 10.3 Å². The van der Waals surface area contributed by atoms with Crippen molar-refractivity contribution in [1.82, 2.24) is 9.97 Å². The van der Waals surface area contributed by atoms with Crippen LogP contribution in [0.3, 0.4) is 0 Å². The molecule has 0 spiro atoms. The molecule has 2 atom stereocenters. The van der Waals surface area contributed by atoms with Gasteiger partial charge in [-0.15, -0.1) is 12.4 Å². The number of hydrogen-bond donors (Lipinski definition) is 2. The van der Waals surface area contributed by atoms with Crippen molar-refractivity contribution in [3.63, 3.8) is 0 Å². The van der Waals surface area contributed by atoms with E-state index in [2.05, 4.69) is 22.1 Å². The Hall–Kier alpha value is -1.90. The highest BCUT2D eigenvalue weighted by Crippen LogP contribution is 2.46. The van der Waals surface area contributed by atoms with Crippen LogP contribution in [0.1, 0.15) is 25.1 Å². The number of amidine groups is 1. The largest absolute Gasteiger partial charge is 0.384 e. The Balaban J connectivity index is 0.00000225. The Bertz CT molecular complexity index is 892. The van der Waals surface area contributed by atoms with Gasteiger partial charge >= 0.3 is 0 Å². The number of aliphatic hydroxyl groups is 1.